The highest BCUT2D eigenvalue weighted by Crippen LogP contribution is 2.29. The zero-order chi connectivity index (χ0) is 29.4. The van der Waals surface area contributed by atoms with Gasteiger partial charge in [-0.15, -0.1) is 0 Å². The van der Waals surface area contributed by atoms with E-state index in [4.69, 9.17) is 34.8 Å². The second-order valence-corrected chi connectivity index (χ2v) is 12.3. The topological polar surface area (TPSA) is 86.8 Å². The van der Waals surface area contributed by atoms with Crippen LogP contribution in [0.4, 0.5) is 5.69 Å². The van der Waals surface area contributed by atoms with Crippen LogP contribution in [0.3, 0.4) is 0 Å². The lowest BCUT2D eigenvalue weighted by atomic mass is 10.1. The molecule has 11 heteroatoms. The van der Waals surface area contributed by atoms with Gasteiger partial charge in [0.2, 0.25) is 11.8 Å². The number of nitrogens with zero attached hydrogens (tertiary/aromatic N) is 2. The minimum atomic E-state index is -4.18. The second-order valence-electron chi connectivity index (χ2n) is 9.23. The van der Waals surface area contributed by atoms with Crippen LogP contribution in [0.5, 0.6) is 0 Å². The molecule has 0 saturated carbocycles. The Morgan fingerprint density at radius 1 is 0.925 bits per heavy atom. The molecule has 40 heavy (non-hydrogen) atoms. The second kappa shape index (κ2) is 14.2. The van der Waals surface area contributed by atoms with Gasteiger partial charge in [-0.1, -0.05) is 79.0 Å². The molecule has 3 aromatic rings. The van der Waals surface area contributed by atoms with Crippen molar-refractivity contribution in [2.75, 3.05) is 17.4 Å². The standard InChI is InChI=1S/C29H32Cl3N3O4S/c1-4-15-33-29(37)27(5-2)34(18-21-12-13-22(30)16-26(21)32)28(36)19-35(23-14-11-20(3)25(31)17-23)40(38,39)24-9-7-6-8-10-24/h6-14,16-17,27H,4-5,15,18-19H2,1-3H3,(H,33,37)/t27-/m0/s1. The molecule has 0 bridgehead atoms. The summed E-state index contributed by atoms with van der Waals surface area (Å²) in [6, 6.07) is 16.6. The zero-order valence-corrected chi connectivity index (χ0v) is 25.6. The summed E-state index contributed by atoms with van der Waals surface area (Å²) < 4.78 is 28.7. The number of aryl methyl sites for hydroxylation is 1. The van der Waals surface area contributed by atoms with E-state index in [9.17, 15) is 18.0 Å². The molecular weight excluding hydrogens is 593 g/mol. The number of halogens is 3. The first-order valence-electron chi connectivity index (χ1n) is 12.8. The van der Waals surface area contributed by atoms with E-state index in [1.807, 2.05) is 6.92 Å². The average molecular weight is 625 g/mol. The van der Waals surface area contributed by atoms with Gasteiger partial charge in [0.25, 0.3) is 10.0 Å². The van der Waals surface area contributed by atoms with Gasteiger partial charge in [-0.25, -0.2) is 8.42 Å². The summed E-state index contributed by atoms with van der Waals surface area (Å²) in [7, 11) is -4.18. The van der Waals surface area contributed by atoms with Gasteiger partial charge in [0, 0.05) is 28.2 Å². The third-order valence-corrected chi connectivity index (χ3v) is 9.13. The molecule has 0 fully saturated rings. The minimum Gasteiger partial charge on any atom is -0.354 e. The van der Waals surface area contributed by atoms with Gasteiger partial charge in [-0.3, -0.25) is 13.9 Å². The van der Waals surface area contributed by atoms with Crippen LogP contribution in [-0.4, -0.2) is 44.3 Å². The SMILES string of the molecule is CCCNC(=O)[C@H](CC)N(Cc1ccc(Cl)cc1Cl)C(=O)CN(c1ccc(C)c(Cl)c1)S(=O)(=O)c1ccccc1. The van der Waals surface area contributed by atoms with Crippen LogP contribution in [0.2, 0.25) is 15.1 Å². The van der Waals surface area contributed by atoms with Gasteiger partial charge >= 0.3 is 0 Å². The van der Waals surface area contributed by atoms with E-state index >= 15 is 0 Å². The Morgan fingerprint density at radius 2 is 1.62 bits per heavy atom. The summed E-state index contributed by atoms with van der Waals surface area (Å²) in [6.45, 7) is 5.36. The maximum Gasteiger partial charge on any atom is 0.264 e. The van der Waals surface area contributed by atoms with Crippen molar-refractivity contribution in [1.82, 2.24) is 10.2 Å². The summed E-state index contributed by atoms with van der Waals surface area (Å²) >= 11 is 18.9. The highest BCUT2D eigenvalue weighted by atomic mass is 35.5. The molecule has 1 N–H and O–H groups in total. The van der Waals surface area contributed by atoms with Crippen molar-refractivity contribution in [2.24, 2.45) is 0 Å². The first kappa shape index (κ1) is 31.7. The number of hydrogen-bond acceptors (Lipinski definition) is 4. The van der Waals surface area contributed by atoms with E-state index in [0.29, 0.717) is 33.6 Å². The fourth-order valence-corrected chi connectivity index (χ4v) is 6.17. The molecule has 0 aliphatic rings. The summed E-state index contributed by atoms with van der Waals surface area (Å²) in [6.07, 6.45) is 1.02. The van der Waals surface area contributed by atoms with Crippen LogP contribution in [-0.2, 0) is 26.2 Å². The predicted molar refractivity (Wildman–Crippen MR) is 162 cm³/mol. The first-order valence-corrected chi connectivity index (χ1v) is 15.4. The van der Waals surface area contributed by atoms with E-state index in [0.717, 1.165) is 16.3 Å². The number of amides is 2. The smallest absolute Gasteiger partial charge is 0.264 e. The molecule has 3 aromatic carbocycles. The molecular formula is C29H32Cl3N3O4S. The molecule has 0 unspecified atom stereocenters. The number of carbonyl (C=O) groups is 2. The van der Waals surface area contributed by atoms with Crippen LogP contribution in [0.25, 0.3) is 0 Å². The van der Waals surface area contributed by atoms with Gasteiger partial charge in [0.1, 0.15) is 12.6 Å². The van der Waals surface area contributed by atoms with Crippen molar-refractivity contribution in [2.45, 2.75) is 51.1 Å². The lowest BCUT2D eigenvalue weighted by Gasteiger charge is -2.33. The molecule has 0 aliphatic heterocycles. The molecule has 0 aromatic heterocycles. The molecule has 0 aliphatic carbocycles. The van der Waals surface area contributed by atoms with Crippen molar-refractivity contribution in [3.05, 3.63) is 92.9 Å². The number of nitrogens with one attached hydrogen (secondary N) is 1. The predicted octanol–water partition coefficient (Wildman–Crippen LogP) is 6.48. The Morgan fingerprint density at radius 3 is 2.23 bits per heavy atom. The summed E-state index contributed by atoms with van der Waals surface area (Å²) in [5.74, 6) is -0.917. The van der Waals surface area contributed by atoms with Crippen LogP contribution in [0.1, 0.15) is 37.8 Å². The van der Waals surface area contributed by atoms with E-state index in [1.165, 1.54) is 23.1 Å². The Balaban J connectivity index is 2.08. The molecule has 0 radical (unpaired) electrons. The van der Waals surface area contributed by atoms with Crippen molar-refractivity contribution < 1.29 is 18.0 Å². The summed E-state index contributed by atoms with van der Waals surface area (Å²) in [5.41, 5.74) is 1.55. The largest absolute Gasteiger partial charge is 0.354 e. The fourth-order valence-electron chi connectivity index (χ4n) is 4.10. The third-order valence-electron chi connectivity index (χ3n) is 6.34. The summed E-state index contributed by atoms with van der Waals surface area (Å²) in [4.78, 5) is 28.6. The molecule has 0 saturated heterocycles. The number of hydrogen-bond donors (Lipinski definition) is 1. The molecule has 214 valence electrons. The van der Waals surface area contributed by atoms with E-state index in [2.05, 4.69) is 5.32 Å². The normalized spacial score (nSPS) is 12.1. The third kappa shape index (κ3) is 7.69. The number of rotatable bonds is 12. The first-order chi connectivity index (χ1) is 19.0. The molecule has 3 rings (SSSR count). The minimum absolute atomic E-state index is 0.0134. The molecule has 0 spiro atoms. The van der Waals surface area contributed by atoms with Crippen molar-refractivity contribution in [3.63, 3.8) is 0 Å². The lowest BCUT2D eigenvalue weighted by molar-refractivity contribution is -0.140. The number of sulfonamides is 1. The Bertz CT molecular complexity index is 1450. The van der Waals surface area contributed by atoms with Gasteiger partial charge in [-0.2, -0.15) is 0 Å². The Labute approximate surface area is 251 Å². The lowest BCUT2D eigenvalue weighted by Crippen LogP contribution is -2.52. The van der Waals surface area contributed by atoms with Crippen LogP contribution >= 0.6 is 34.8 Å². The van der Waals surface area contributed by atoms with Crippen LogP contribution in [0.15, 0.2) is 71.6 Å². The molecule has 0 heterocycles. The average Bonchev–Trinajstić information content (AvgIpc) is 2.93. The monoisotopic (exact) mass is 623 g/mol. The number of benzene rings is 3. The molecule has 2 amide bonds. The number of anilines is 1. The highest BCUT2D eigenvalue weighted by Gasteiger charge is 2.34. The van der Waals surface area contributed by atoms with Crippen molar-refractivity contribution in [3.8, 4) is 0 Å². The van der Waals surface area contributed by atoms with Crippen molar-refractivity contribution >= 4 is 62.3 Å². The number of carbonyl (C=O) groups excluding carboxylic acids is 2. The Hall–Kier alpha value is -2.78. The van der Waals surface area contributed by atoms with Gasteiger partial charge in [0.15, 0.2) is 0 Å². The van der Waals surface area contributed by atoms with E-state index < -0.39 is 28.5 Å². The maximum absolute atomic E-state index is 14.1. The van der Waals surface area contributed by atoms with E-state index in [1.54, 1.807) is 62.4 Å². The van der Waals surface area contributed by atoms with Gasteiger partial charge in [-0.05, 0) is 67.3 Å². The Kier molecular flexibility index (Phi) is 11.3. The molecule has 1 atom stereocenters. The fraction of sp³-hybridized carbons (Fsp3) is 0.310. The quantitative estimate of drug-likeness (QED) is 0.250. The van der Waals surface area contributed by atoms with Gasteiger partial charge < -0.3 is 10.2 Å². The molecule has 7 nitrogen and oxygen atoms in total. The van der Waals surface area contributed by atoms with Gasteiger partial charge in [0.05, 0.1) is 10.6 Å². The van der Waals surface area contributed by atoms with Crippen LogP contribution in [0, 0.1) is 6.92 Å². The van der Waals surface area contributed by atoms with Crippen LogP contribution < -0.4 is 9.62 Å². The highest BCUT2D eigenvalue weighted by molar-refractivity contribution is 7.92. The van der Waals surface area contributed by atoms with Crippen molar-refractivity contribution in [1.29, 1.82) is 0 Å². The maximum atomic E-state index is 14.1. The van der Waals surface area contributed by atoms with E-state index in [-0.39, 0.29) is 23.0 Å². The zero-order valence-electron chi connectivity index (χ0n) is 22.5. The summed E-state index contributed by atoms with van der Waals surface area (Å²) in [5, 5.41) is 3.96.